The van der Waals surface area contributed by atoms with Gasteiger partial charge in [-0.15, -0.1) is 0 Å². The van der Waals surface area contributed by atoms with Crippen molar-refractivity contribution in [2.75, 3.05) is 26.7 Å². The van der Waals surface area contributed by atoms with Crippen LogP contribution in [0.3, 0.4) is 0 Å². The third-order valence-corrected chi connectivity index (χ3v) is 3.68. The molecule has 0 aromatic rings. The molecular weight excluding hydrogens is 194 g/mol. The quantitative estimate of drug-likeness (QED) is 0.737. The lowest BCUT2D eigenvalue weighted by Gasteiger charge is -2.33. The molecule has 0 bridgehead atoms. The summed E-state index contributed by atoms with van der Waals surface area (Å²) in [5.74, 6) is -0.500. The van der Waals surface area contributed by atoms with Crippen molar-refractivity contribution in [1.82, 2.24) is 4.90 Å². The lowest BCUT2D eigenvalue weighted by Crippen LogP contribution is -2.39. The van der Waals surface area contributed by atoms with E-state index in [1.54, 1.807) is 0 Å². The zero-order valence-corrected chi connectivity index (χ0v) is 9.19. The first-order chi connectivity index (χ1) is 7.18. The minimum Gasteiger partial charge on any atom is -0.481 e. The van der Waals surface area contributed by atoms with Crippen molar-refractivity contribution in [3.63, 3.8) is 0 Å². The van der Waals surface area contributed by atoms with Crippen LogP contribution in [0.25, 0.3) is 0 Å². The summed E-state index contributed by atoms with van der Waals surface area (Å²) in [4.78, 5) is 13.3. The lowest BCUT2D eigenvalue weighted by atomic mass is 9.84. The molecule has 0 amide bonds. The van der Waals surface area contributed by atoms with Gasteiger partial charge in [0.15, 0.2) is 0 Å². The fourth-order valence-electron chi connectivity index (χ4n) is 2.70. The third kappa shape index (κ3) is 2.32. The van der Waals surface area contributed by atoms with Gasteiger partial charge in [-0.25, -0.2) is 0 Å². The average molecular weight is 213 g/mol. The molecule has 2 fully saturated rings. The zero-order chi connectivity index (χ0) is 10.8. The molecule has 2 atom stereocenters. The van der Waals surface area contributed by atoms with Gasteiger partial charge in [0, 0.05) is 6.61 Å². The van der Waals surface area contributed by atoms with Crippen LogP contribution in [0.2, 0.25) is 0 Å². The van der Waals surface area contributed by atoms with Crippen molar-refractivity contribution < 1.29 is 14.6 Å². The first-order valence-electron chi connectivity index (χ1n) is 5.71. The molecule has 4 heteroatoms. The van der Waals surface area contributed by atoms with Gasteiger partial charge in [0.1, 0.15) is 0 Å². The Morgan fingerprint density at radius 2 is 2.00 bits per heavy atom. The van der Waals surface area contributed by atoms with Crippen LogP contribution < -0.4 is 0 Å². The highest BCUT2D eigenvalue weighted by atomic mass is 16.5. The van der Waals surface area contributed by atoms with E-state index in [-0.39, 0.29) is 12.0 Å². The molecule has 2 aliphatic rings. The molecule has 1 N–H and O–H groups in total. The zero-order valence-electron chi connectivity index (χ0n) is 9.19. The highest BCUT2D eigenvalue weighted by Gasteiger charge is 2.39. The first kappa shape index (κ1) is 10.9. The summed E-state index contributed by atoms with van der Waals surface area (Å²) in [6.45, 7) is 2.75. The number of hydrogen-bond acceptors (Lipinski definition) is 3. The van der Waals surface area contributed by atoms with E-state index in [0.29, 0.717) is 18.9 Å². The minimum absolute atomic E-state index is 0.0313. The maximum absolute atomic E-state index is 11.0. The molecule has 0 aromatic heterocycles. The highest BCUT2D eigenvalue weighted by Crippen LogP contribution is 2.32. The second kappa shape index (κ2) is 4.49. The summed E-state index contributed by atoms with van der Waals surface area (Å²) >= 11 is 0. The number of nitrogens with zero attached hydrogens (tertiary/aromatic N) is 1. The maximum atomic E-state index is 11.0. The number of carboxylic acids is 1. The smallest absolute Gasteiger partial charge is 0.309 e. The van der Waals surface area contributed by atoms with Crippen molar-refractivity contribution in [3.05, 3.63) is 0 Å². The second-order valence-electron chi connectivity index (χ2n) is 4.71. The van der Waals surface area contributed by atoms with Crippen molar-refractivity contribution >= 4 is 5.97 Å². The summed E-state index contributed by atoms with van der Waals surface area (Å²) in [5.41, 5.74) is 0. The fraction of sp³-hybridized carbons (Fsp3) is 0.909. The van der Waals surface area contributed by atoms with Crippen LogP contribution in [0.4, 0.5) is 0 Å². The highest BCUT2D eigenvalue weighted by molar-refractivity contribution is 5.71. The van der Waals surface area contributed by atoms with Gasteiger partial charge in [-0.05, 0) is 45.3 Å². The van der Waals surface area contributed by atoms with Crippen molar-refractivity contribution in [2.45, 2.75) is 25.4 Å². The Morgan fingerprint density at radius 1 is 1.33 bits per heavy atom. The maximum Gasteiger partial charge on any atom is 0.309 e. The topological polar surface area (TPSA) is 49.8 Å². The van der Waals surface area contributed by atoms with Crippen LogP contribution >= 0.6 is 0 Å². The predicted molar refractivity (Wildman–Crippen MR) is 55.7 cm³/mol. The second-order valence-corrected chi connectivity index (χ2v) is 4.71. The van der Waals surface area contributed by atoms with Gasteiger partial charge in [0.25, 0.3) is 0 Å². The summed E-state index contributed by atoms with van der Waals surface area (Å²) in [6, 6.07) is 0. The van der Waals surface area contributed by atoms with Crippen molar-refractivity contribution in [2.24, 2.45) is 11.8 Å². The molecule has 2 heterocycles. The summed E-state index contributed by atoms with van der Waals surface area (Å²) in [5, 5.41) is 9.08. The molecule has 0 spiro atoms. The number of ether oxygens (including phenoxy) is 1. The largest absolute Gasteiger partial charge is 0.481 e. The molecule has 2 aliphatic heterocycles. The Hall–Kier alpha value is -0.610. The van der Waals surface area contributed by atoms with Crippen LogP contribution in [0.1, 0.15) is 19.3 Å². The average Bonchev–Trinajstić information content (AvgIpc) is 2.67. The van der Waals surface area contributed by atoms with Crippen LogP contribution in [-0.4, -0.2) is 48.8 Å². The Bertz CT molecular complexity index is 236. The number of carboxylic acid groups (broad SMARTS) is 1. The first-order valence-corrected chi connectivity index (χ1v) is 5.71. The van der Waals surface area contributed by atoms with Gasteiger partial charge in [0.05, 0.1) is 12.0 Å². The van der Waals surface area contributed by atoms with Crippen LogP contribution in [0.15, 0.2) is 0 Å². The van der Waals surface area contributed by atoms with E-state index in [9.17, 15) is 4.79 Å². The molecule has 86 valence electrons. The Morgan fingerprint density at radius 3 is 2.60 bits per heavy atom. The molecule has 15 heavy (non-hydrogen) atoms. The third-order valence-electron chi connectivity index (χ3n) is 3.68. The summed E-state index contributed by atoms with van der Waals surface area (Å²) in [7, 11) is 2.11. The molecular formula is C11H19NO3. The molecule has 0 radical (unpaired) electrons. The predicted octanol–water partition coefficient (Wildman–Crippen LogP) is 0.818. The SMILES string of the molecule is CN1CCC([C@@H]2OCC[C@@H]2C(=O)O)CC1. The van der Waals surface area contributed by atoms with E-state index in [2.05, 4.69) is 11.9 Å². The Labute approximate surface area is 90.2 Å². The van der Waals surface area contributed by atoms with Crippen LogP contribution in [0.5, 0.6) is 0 Å². The number of aliphatic carboxylic acids is 1. The monoisotopic (exact) mass is 213 g/mol. The van der Waals surface area contributed by atoms with E-state index in [1.165, 1.54) is 0 Å². The molecule has 0 aliphatic carbocycles. The van der Waals surface area contributed by atoms with Gasteiger partial charge in [-0.1, -0.05) is 0 Å². The number of hydrogen-bond donors (Lipinski definition) is 1. The van der Waals surface area contributed by atoms with E-state index in [1.807, 2.05) is 0 Å². The van der Waals surface area contributed by atoms with E-state index < -0.39 is 5.97 Å². The van der Waals surface area contributed by atoms with Gasteiger partial charge >= 0.3 is 5.97 Å². The van der Waals surface area contributed by atoms with E-state index in [4.69, 9.17) is 9.84 Å². The lowest BCUT2D eigenvalue weighted by molar-refractivity contribution is -0.145. The van der Waals surface area contributed by atoms with E-state index in [0.717, 1.165) is 25.9 Å². The van der Waals surface area contributed by atoms with Gasteiger partial charge in [0.2, 0.25) is 0 Å². The molecule has 4 nitrogen and oxygen atoms in total. The minimum atomic E-state index is -0.684. The standard InChI is InChI=1S/C11H19NO3/c1-12-5-2-8(3-6-12)10-9(11(13)14)4-7-15-10/h8-10H,2-7H2,1H3,(H,13,14)/t9-,10-/m0/s1. The van der Waals surface area contributed by atoms with Crippen molar-refractivity contribution in [1.29, 1.82) is 0 Å². The number of rotatable bonds is 2. The molecule has 0 saturated carbocycles. The molecule has 0 aromatic carbocycles. The molecule has 0 unspecified atom stereocenters. The van der Waals surface area contributed by atoms with Gasteiger partial charge in [-0.3, -0.25) is 4.79 Å². The van der Waals surface area contributed by atoms with Crippen LogP contribution in [-0.2, 0) is 9.53 Å². The summed E-state index contributed by atoms with van der Waals surface area (Å²) in [6.07, 6.45) is 2.80. The van der Waals surface area contributed by atoms with Gasteiger partial charge in [-0.2, -0.15) is 0 Å². The fourth-order valence-corrected chi connectivity index (χ4v) is 2.70. The number of piperidine rings is 1. The molecule has 2 saturated heterocycles. The molecule has 2 rings (SSSR count). The van der Waals surface area contributed by atoms with Gasteiger partial charge < -0.3 is 14.7 Å². The Kier molecular flexibility index (Phi) is 3.26. The van der Waals surface area contributed by atoms with E-state index >= 15 is 0 Å². The Balaban J connectivity index is 1.94. The number of carbonyl (C=O) groups is 1. The van der Waals surface area contributed by atoms with Crippen molar-refractivity contribution in [3.8, 4) is 0 Å². The summed E-state index contributed by atoms with van der Waals surface area (Å²) < 4.78 is 5.60. The normalized spacial score (nSPS) is 34.5. The van der Waals surface area contributed by atoms with Crippen LogP contribution in [0, 0.1) is 11.8 Å². The number of likely N-dealkylation sites (tertiary alicyclic amines) is 1.